The van der Waals surface area contributed by atoms with E-state index in [0.29, 0.717) is 24.3 Å². The molecule has 0 aliphatic carbocycles. The molecule has 7 nitrogen and oxygen atoms in total. The van der Waals surface area contributed by atoms with Gasteiger partial charge in [-0.15, -0.1) is 0 Å². The highest BCUT2D eigenvalue weighted by Crippen LogP contribution is 2.20. The number of likely N-dealkylation sites (tertiary alicyclic amines) is 1. The Morgan fingerprint density at radius 1 is 1.14 bits per heavy atom. The number of hydrogen-bond acceptors (Lipinski definition) is 4. The SMILES string of the molecule is CCc1cncc(C(=O)N(C)C2CCN(C(=O)c3cc(CC)nn3C)CC2)c1. The topological polar surface area (TPSA) is 71.3 Å². The van der Waals surface area contributed by atoms with Crippen LogP contribution >= 0.6 is 0 Å². The van der Waals surface area contributed by atoms with Gasteiger partial charge in [-0.2, -0.15) is 5.10 Å². The molecule has 0 saturated carbocycles. The van der Waals surface area contributed by atoms with Crippen molar-refractivity contribution in [1.82, 2.24) is 24.6 Å². The van der Waals surface area contributed by atoms with Crippen LogP contribution < -0.4 is 0 Å². The Balaban J connectivity index is 1.61. The van der Waals surface area contributed by atoms with E-state index < -0.39 is 0 Å². The fourth-order valence-electron chi connectivity index (χ4n) is 3.69. The van der Waals surface area contributed by atoms with E-state index in [1.807, 2.05) is 45.0 Å². The summed E-state index contributed by atoms with van der Waals surface area (Å²) in [5, 5.41) is 4.37. The summed E-state index contributed by atoms with van der Waals surface area (Å²) in [7, 11) is 3.65. The minimum Gasteiger partial charge on any atom is -0.339 e. The number of carbonyl (C=O) groups excluding carboxylic acids is 2. The van der Waals surface area contributed by atoms with Gasteiger partial charge in [-0.05, 0) is 43.4 Å². The summed E-state index contributed by atoms with van der Waals surface area (Å²) in [6.45, 7) is 5.36. The van der Waals surface area contributed by atoms with Gasteiger partial charge in [0.25, 0.3) is 11.8 Å². The third kappa shape index (κ3) is 4.08. The first-order valence-corrected chi connectivity index (χ1v) is 9.97. The van der Waals surface area contributed by atoms with E-state index in [1.165, 1.54) is 0 Å². The van der Waals surface area contributed by atoms with Crippen molar-refractivity contribution in [3.63, 3.8) is 0 Å². The molecular weight excluding hydrogens is 354 g/mol. The van der Waals surface area contributed by atoms with Crippen LogP contribution in [0.3, 0.4) is 0 Å². The summed E-state index contributed by atoms with van der Waals surface area (Å²) < 4.78 is 1.66. The molecule has 1 fully saturated rings. The molecule has 7 heteroatoms. The van der Waals surface area contributed by atoms with Gasteiger partial charge < -0.3 is 9.80 Å². The predicted molar refractivity (Wildman–Crippen MR) is 107 cm³/mol. The van der Waals surface area contributed by atoms with Crippen LogP contribution in [0, 0.1) is 0 Å². The molecule has 1 saturated heterocycles. The van der Waals surface area contributed by atoms with Gasteiger partial charge in [0.2, 0.25) is 0 Å². The Hall–Kier alpha value is -2.70. The third-order valence-corrected chi connectivity index (χ3v) is 5.58. The molecular formula is C21H29N5O2. The van der Waals surface area contributed by atoms with E-state index >= 15 is 0 Å². The Kier molecular flexibility index (Phi) is 6.11. The molecule has 0 atom stereocenters. The van der Waals surface area contributed by atoms with E-state index in [4.69, 9.17) is 0 Å². The molecule has 0 bridgehead atoms. The largest absolute Gasteiger partial charge is 0.339 e. The molecule has 0 aromatic carbocycles. The first kappa shape index (κ1) is 20.0. The lowest BCUT2D eigenvalue weighted by molar-refractivity contribution is 0.0564. The van der Waals surface area contributed by atoms with Gasteiger partial charge in [-0.1, -0.05) is 13.8 Å². The molecule has 28 heavy (non-hydrogen) atoms. The molecule has 2 aromatic heterocycles. The minimum absolute atomic E-state index is 0.00759. The van der Waals surface area contributed by atoms with Crippen molar-refractivity contribution in [2.45, 2.75) is 45.6 Å². The zero-order chi connectivity index (χ0) is 20.3. The summed E-state index contributed by atoms with van der Waals surface area (Å²) in [4.78, 5) is 33.5. The quantitative estimate of drug-likeness (QED) is 0.794. The van der Waals surface area contributed by atoms with Crippen molar-refractivity contribution in [2.75, 3.05) is 20.1 Å². The Morgan fingerprint density at radius 2 is 1.86 bits per heavy atom. The smallest absolute Gasteiger partial charge is 0.272 e. The zero-order valence-corrected chi connectivity index (χ0v) is 17.2. The van der Waals surface area contributed by atoms with Gasteiger partial charge in [0.05, 0.1) is 11.3 Å². The van der Waals surface area contributed by atoms with Crippen LogP contribution in [0.25, 0.3) is 0 Å². The molecule has 2 amide bonds. The summed E-state index contributed by atoms with van der Waals surface area (Å²) in [6.07, 6.45) is 6.63. The first-order valence-electron chi connectivity index (χ1n) is 9.97. The van der Waals surface area contributed by atoms with Gasteiger partial charge in [0.15, 0.2) is 0 Å². The number of nitrogens with zero attached hydrogens (tertiary/aromatic N) is 5. The summed E-state index contributed by atoms with van der Waals surface area (Å²) >= 11 is 0. The average Bonchev–Trinajstić information content (AvgIpc) is 3.13. The highest BCUT2D eigenvalue weighted by Gasteiger charge is 2.29. The maximum Gasteiger partial charge on any atom is 0.272 e. The van der Waals surface area contributed by atoms with Crippen molar-refractivity contribution in [3.8, 4) is 0 Å². The predicted octanol–water partition coefficient (Wildman–Crippen LogP) is 2.32. The highest BCUT2D eigenvalue weighted by atomic mass is 16.2. The Morgan fingerprint density at radius 3 is 2.46 bits per heavy atom. The summed E-state index contributed by atoms with van der Waals surface area (Å²) in [5.74, 6) is 0.00813. The molecule has 1 aliphatic rings. The third-order valence-electron chi connectivity index (χ3n) is 5.58. The molecule has 1 aliphatic heterocycles. The van der Waals surface area contributed by atoms with Crippen LogP contribution in [-0.4, -0.2) is 62.6 Å². The summed E-state index contributed by atoms with van der Waals surface area (Å²) in [6, 6.07) is 3.91. The van der Waals surface area contributed by atoms with E-state index in [-0.39, 0.29) is 17.9 Å². The van der Waals surface area contributed by atoms with Crippen LogP contribution in [0.2, 0.25) is 0 Å². The van der Waals surface area contributed by atoms with Crippen molar-refractivity contribution in [2.24, 2.45) is 7.05 Å². The van der Waals surface area contributed by atoms with Crippen LogP contribution in [0.15, 0.2) is 24.5 Å². The van der Waals surface area contributed by atoms with Crippen LogP contribution in [-0.2, 0) is 19.9 Å². The standard InChI is InChI=1S/C21H29N5O2/c1-5-15-11-16(14-22-13-15)20(27)24(3)18-7-9-26(10-8-18)21(28)19-12-17(6-2)23-25(19)4/h11-14,18H,5-10H2,1-4H3. The molecule has 0 radical (unpaired) electrons. The second-order valence-electron chi connectivity index (χ2n) is 7.37. The van der Waals surface area contributed by atoms with Gasteiger partial charge in [-0.25, -0.2) is 0 Å². The van der Waals surface area contributed by atoms with Crippen LogP contribution in [0.4, 0.5) is 0 Å². The number of pyridine rings is 1. The highest BCUT2D eigenvalue weighted by molar-refractivity contribution is 5.94. The van der Waals surface area contributed by atoms with Gasteiger partial charge in [0, 0.05) is 45.6 Å². The number of carbonyl (C=O) groups is 2. The van der Waals surface area contributed by atoms with E-state index in [1.54, 1.807) is 22.0 Å². The molecule has 0 unspecified atom stereocenters. The lowest BCUT2D eigenvalue weighted by atomic mass is 10.0. The average molecular weight is 383 g/mol. The fraction of sp³-hybridized carbons (Fsp3) is 0.524. The monoisotopic (exact) mass is 383 g/mol. The number of rotatable bonds is 5. The molecule has 0 N–H and O–H groups in total. The second kappa shape index (κ2) is 8.54. The lowest BCUT2D eigenvalue weighted by Gasteiger charge is -2.36. The van der Waals surface area contributed by atoms with Crippen molar-refractivity contribution in [3.05, 3.63) is 47.0 Å². The van der Waals surface area contributed by atoms with Crippen LogP contribution in [0.5, 0.6) is 0 Å². The number of aryl methyl sites for hydroxylation is 3. The molecule has 2 aromatic rings. The number of aromatic nitrogens is 3. The van der Waals surface area contributed by atoms with Crippen molar-refractivity contribution in [1.29, 1.82) is 0 Å². The van der Waals surface area contributed by atoms with Crippen molar-refractivity contribution >= 4 is 11.8 Å². The van der Waals surface area contributed by atoms with E-state index in [9.17, 15) is 9.59 Å². The second-order valence-corrected chi connectivity index (χ2v) is 7.37. The molecule has 150 valence electrons. The van der Waals surface area contributed by atoms with E-state index in [0.717, 1.165) is 36.9 Å². The van der Waals surface area contributed by atoms with Gasteiger partial charge in [0.1, 0.15) is 5.69 Å². The maximum absolute atomic E-state index is 12.8. The molecule has 3 heterocycles. The molecule has 0 spiro atoms. The zero-order valence-electron chi connectivity index (χ0n) is 17.2. The van der Waals surface area contributed by atoms with Crippen molar-refractivity contribution < 1.29 is 9.59 Å². The number of amides is 2. The maximum atomic E-state index is 12.8. The fourth-order valence-corrected chi connectivity index (χ4v) is 3.69. The first-order chi connectivity index (χ1) is 13.4. The van der Waals surface area contributed by atoms with E-state index in [2.05, 4.69) is 10.1 Å². The van der Waals surface area contributed by atoms with Gasteiger partial charge >= 0.3 is 0 Å². The minimum atomic E-state index is -0.00759. The lowest BCUT2D eigenvalue weighted by Crippen LogP contribution is -2.47. The van der Waals surface area contributed by atoms with Crippen LogP contribution in [0.1, 0.15) is 58.8 Å². The normalized spacial score (nSPS) is 14.9. The molecule has 3 rings (SSSR count). The van der Waals surface area contributed by atoms with Gasteiger partial charge in [-0.3, -0.25) is 19.3 Å². The Labute approximate surface area is 166 Å². The number of piperidine rings is 1. The summed E-state index contributed by atoms with van der Waals surface area (Å²) in [5.41, 5.74) is 3.24. The number of hydrogen-bond donors (Lipinski definition) is 0. The Bertz CT molecular complexity index is 852.